The SMILES string of the molecule is C=CC(=O)Nc1ccc(-c2cccc(CC=O)c2)cn1. The van der Waals surface area contributed by atoms with Crippen molar-refractivity contribution < 1.29 is 9.59 Å². The molecule has 0 fully saturated rings. The van der Waals surface area contributed by atoms with Gasteiger partial charge in [0.25, 0.3) is 0 Å². The van der Waals surface area contributed by atoms with E-state index < -0.39 is 0 Å². The van der Waals surface area contributed by atoms with Gasteiger partial charge in [-0.05, 0) is 29.3 Å². The van der Waals surface area contributed by atoms with Gasteiger partial charge in [-0.2, -0.15) is 0 Å². The van der Waals surface area contributed by atoms with E-state index in [0.717, 1.165) is 23.0 Å². The highest BCUT2D eigenvalue weighted by atomic mass is 16.1. The third kappa shape index (κ3) is 3.38. The van der Waals surface area contributed by atoms with Gasteiger partial charge in [-0.25, -0.2) is 4.98 Å². The monoisotopic (exact) mass is 266 g/mol. The molecule has 0 spiro atoms. The van der Waals surface area contributed by atoms with Crippen LogP contribution >= 0.6 is 0 Å². The highest BCUT2D eigenvalue weighted by Gasteiger charge is 2.02. The summed E-state index contributed by atoms with van der Waals surface area (Å²) in [5.74, 6) is 0.181. The average Bonchev–Trinajstić information content (AvgIpc) is 2.48. The van der Waals surface area contributed by atoms with Crippen LogP contribution in [-0.2, 0) is 16.0 Å². The number of rotatable bonds is 5. The van der Waals surface area contributed by atoms with E-state index in [9.17, 15) is 9.59 Å². The van der Waals surface area contributed by atoms with Gasteiger partial charge in [-0.3, -0.25) is 4.79 Å². The number of amides is 1. The molecule has 4 heteroatoms. The van der Waals surface area contributed by atoms with Gasteiger partial charge in [-0.15, -0.1) is 0 Å². The first-order valence-electron chi connectivity index (χ1n) is 6.15. The maximum atomic E-state index is 11.2. The van der Waals surface area contributed by atoms with Crippen molar-refractivity contribution in [2.75, 3.05) is 5.32 Å². The van der Waals surface area contributed by atoms with Crippen molar-refractivity contribution in [2.24, 2.45) is 0 Å². The van der Waals surface area contributed by atoms with Gasteiger partial charge in [0.05, 0.1) is 0 Å². The third-order valence-corrected chi connectivity index (χ3v) is 2.78. The zero-order valence-corrected chi connectivity index (χ0v) is 10.9. The lowest BCUT2D eigenvalue weighted by molar-refractivity contribution is -0.112. The summed E-state index contributed by atoms with van der Waals surface area (Å²) in [6.45, 7) is 3.38. The molecule has 1 N–H and O–H groups in total. The quantitative estimate of drug-likeness (QED) is 0.668. The summed E-state index contributed by atoms with van der Waals surface area (Å²) in [6, 6.07) is 11.3. The fourth-order valence-corrected chi connectivity index (χ4v) is 1.79. The van der Waals surface area contributed by atoms with Crippen LogP contribution in [0.1, 0.15) is 5.56 Å². The van der Waals surface area contributed by atoms with E-state index in [1.54, 1.807) is 12.3 Å². The van der Waals surface area contributed by atoms with Gasteiger partial charge in [-0.1, -0.05) is 30.8 Å². The molecule has 20 heavy (non-hydrogen) atoms. The molecule has 100 valence electrons. The predicted molar refractivity (Wildman–Crippen MR) is 78.3 cm³/mol. The van der Waals surface area contributed by atoms with Crippen LogP contribution in [0.25, 0.3) is 11.1 Å². The predicted octanol–water partition coefficient (Wildman–Crippen LogP) is 2.61. The van der Waals surface area contributed by atoms with Crippen molar-refractivity contribution in [3.05, 3.63) is 60.8 Å². The van der Waals surface area contributed by atoms with Crippen LogP contribution in [0, 0.1) is 0 Å². The molecule has 0 radical (unpaired) electrons. The number of hydrogen-bond donors (Lipinski definition) is 1. The molecule has 0 aliphatic rings. The summed E-state index contributed by atoms with van der Waals surface area (Å²) in [5, 5.41) is 2.59. The lowest BCUT2D eigenvalue weighted by atomic mass is 10.0. The Morgan fingerprint density at radius 3 is 2.75 bits per heavy atom. The number of nitrogens with zero attached hydrogens (tertiary/aromatic N) is 1. The highest BCUT2D eigenvalue weighted by Crippen LogP contribution is 2.20. The largest absolute Gasteiger partial charge is 0.307 e. The number of anilines is 1. The molecule has 0 bridgehead atoms. The lowest BCUT2D eigenvalue weighted by Crippen LogP contribution is -2.08. The molecule has 1 heterocycles. The van der Waals surface area contributed by atoms with Crippen LogP contribution < -0.4 is 5.32 Å². The molecule has 0 atom stereocenters. The van der Waals surface area contributed by atoms with Crippen molar-refractivity contribution in [2.45, 2.75) is 6.42 Å². The van der Waals surface area contributed by atoms with Crippen LogP contribution in [0.3, 0.4) is 0 Å². The zero-order valence-electron chi connectivity index (χ0n) is 10.9. The minimum absolute atomic E-state index is 0.293. The van der Waals surface area contributed by atoms with E-state index in [2.05, 4.69) is 16.9 Å². The molecule has 0 unspecified atom stereocenters. The number of carbonyl (C=O) groups excluding carboxylic acids is 2. The number of hydrogen-bond acceptors (Lipinski definition) is 3. The highest BCUT2D eigenvalue weighted by molar-refractivity contribution is 5.98. The zero-order chi connectivity index (χ0) is 14.4. The minimum atomic E-state index is -0.293. The fraction of sp³-hybridized carbons (Fsp3) is 0.0625. The summed E-state index contributed by atoms with van der Waals surface area (Å²) in [5.41, 5.74) is 2.87. The van der Waals surface area contributed by atoms with Crippen LogP contribution in [-0.4, -0.2) is 17.2 Å². The first-order chi connectivity index (χ1) is 9.72. The Bertz CT molecular complexity index is 633. The van der Waals surface area contributed by atoms with E-state index in [1.165, 1.54) is 6.08 Å². The Morgan fingerprint density at radius 2 is 2.10 bits per heavy atom. The second-order valence-electron chi connectivity index (χ2n) is 4.20. The second-order valence-corrected chi connectivity index (χ2v) is 4.20. The standard InChI is InChI=1S/C16H14N2O2/c1-2-16(20)18-15-7-6-14(11-17-15)13-5-3-4-12(10-13)8-9-19/h2-7,9-11H,1,8H2,(H,17,18,20). The summed E-state index contributed by atoms with van der Waals surface area (Å²) >= 11 is 0. The normalized spacial score (nSPS) is 9.80. The third-order valence-electron chi connectivity index (χ3n) is 2.78. The maximum Gasteiger partial charge on any atom is 0.248 e. The second kappa shape index (κ2) is 6.43. The summed E-state index contributed by atoms with van der Waals surface area (Å²) < 4.78 is 0. The van der Waals surface area contributed by atoms with E-state index >= 15 is 0 Å². The number of aldehydes is 1. The Balaban J connectivity index is 2.21. The number of carbonyl (C=O) groups is 2. The number of pyridine rings is 1. The van der Waals surface area contributed by atoms with Crippen LogP contribution in [0.5, 0.6) is 0 Å². The molecule has 1 amide bonds. The Kier molecular flexibility index (Phi) is 4.39. The molecular weight excluding hydrogens is 252 g/mol. The molecule has 1 aromatic carbocycles. The van der Waals surface area contributed by atoms with Gasteiger partial charge in [0.15, 0.2) is 0 Å². The van der Waals surface area contributed by atoms with Crippen LogP contribution in [0.2, 0.25) is 0 Å². The molecule has 2 aromatic rings. The van der Waals surface area contributed by atoms with Crippen molar-refractivity contribution in [3.63, 3.8) is 0 Å². The first kappa shape index (κ1) is 13.7. The fourth-order valence-electron chi connectivity index (χ4n) is 1.79. The molecule has 4 nitrogen and oxygen atoms in total. The van der Waals surface area contributed by atoms with Gasteiger partial charge in [0, 0.05) is 18.2 Å². The molecule has 0 saturated carbocycles. The van der Waals surface area contributed by atoms with Crippen molar-refractivity contribution >= 4 is 18.0 Å². The van der Waals surface area contributed by atoms with E-state index in [1.807, 2.05) is 30.3 Å². The Labute approximate surface area is 117 Å². The Hall–Kier alpha value is -2.75. The lowest BCUT2D eigenvalue weighted by Gasteiger charge is -2.05. The van der Waals surface area contributed by atoms with E-state index in [-0.39, 0.29) is 5.91 Å². The van der Waals surface area contributed by atoms with Gasteiger partial charge >= 0.3 is 0 Å². The molecule has 2 rings (SSSR count). The van der Waals surface area contributed by atoms with Crippen molar-refractivity contribution in [3.8, 4) is 11.1 Å². The molecule has 0 aliphatic carbocycles. The van der Waals surface area contributed by atoms with Gasteiger partial charge < -0.3 is 10.1 Å². The minimum Gasteiger partial charge on any atom is -0.307 e. The summed E-state index contributed by atoms with van der Waals surface area (Å²) in [4.78, 5) is 25.9. The topological polar surface area (TPSA) is 59.1 Å². The molecule has 0 aliphatic heterocycles. The van der Waals surface area contributed by atoms with Crippen LogP contribution in [0.15, 0.2) is 55.3 Å². The smallest absolute Gasteiger partial charge is 0.248 e. The average molecular weight is 266 g/mol. The summed E-state index contributed by atoms with van der Waals surface area (Å²) in [6.07, 6.45) is 4.15. The number of aromatic nitrogens is 1. The molecule has 0 saturated heterocycles. The van der Waals surface area contributed by atoms with Gasteiger partial charge in [0.2, 0.25) is 5.91 Å². The molecule has 1 aromatic heterocycles. The van der Waals surface area contributed by atoms with E-state index in [4.69, 9.17) is 0 Å². The Morgan fingerprint density at radius 1 is 1.25 bits per heavy atom. The maximum absolute atomic E-state index is 11.2. The number of benzene rings is 1. The van der Waals surface area contributed by atoms with Crippen LogP contribution in [0.4, 0.5) is 5.82 Å². The summed E-state index contributed by atoms with van der Waals surface area (Å²) in [7, 11) is 0. The van der Waals surface area contributed by atoms with Gasteiger partial charge in [0.1, 0.15) is 12.1 Å². The van der Waals surface area contributed by atoms with Crippen molar-refractivity contribution in [1.82, 2.24) is 4.98 Å². The first-order valence-corrected chi connectivity index (χ1v) is 6.15. The van der Waals surface area contributed by atoms with E-state index in [0.29, 0.717) is 12.2 Å². The van der Waals surface area contributed by atoms with Crippen molar-refractivity contribution in [1.29, 1.82) is 0 Å². The number of nitrogens with one attached hydrogen (secondary N) is 1. The molecular formula is C16H14N2O2.